The maximum absolute atomic E-state index is 5.86. The number of pyridine rings is 1. The molecule has 1 aliphatic rings. The van der Waals surface area contributed by atoms with Crippen LogP contribution in [0.1, 0.15) is 26.2 Å². The number of likely N-dealkylation sites (tertiary alicyclic amines) is 1. The molecule has 1 atom stereocenters. The lowest BCUT2D eigenvalue weighted by atomic mass is 10.1. The molecule has 100 valence electrons. The lowest BCUT2D eigenvalue weighted by Gasteiger charge is -2.32. The van der Waals surface area contributed by atoms with Crippen LogP contribution in [0.25, 0.3) is 0 Å². The zero-order valence-corrected chi connectivity index (χ0v) is 11.6. The number of nitrogens with zero attached hydrogens (tertiary/aromatic N) is 2. The summed E-state index contributed by atoms with van der Waals surface area (Å²) in [6, 6.07) is 2.23. The Hall–Kier alpha value is -1.00. The molecule has 1 aliphatic heterocycles. The predicted octanol–water partition coefficient (Wildman–Crippen LogP) is 2.60. The van der Waals surface area contributed by atoms with Gasteiger partial charge in [-0.1, -0.05) is 18.0 Å². The van der Waals surface area contributed by atoms with Crippen molar-refractivity contribution in [2.45, 2.75) is 32.2 Å². The van der Waals surface area contributed by atoms with E-state index in [0.29, 0.717) is 16.8 Å². The number of hydrogen-bond acceptors (Lipinski definition) is 4. The topological polar surface area (TPSA) is 54.2 Å². The Bertz CT molecular complexity index is 391. The van der Waals surface area contributed by atoms with Gasteiger partial charge in [-0.2, -0.15) is 0 Å². The Morgan fingerprint density at radius 1 is 1.44 bits per heavy atom. The lowest BCUT2D eigenvalue weighted by Crippen LogP contribution is -2.41. The molecule has 1 unspecified atom stereocenters. The van der Waals surface area contributed by atoms with E-state index in [-0.39, 0.29) is 0 Å². The molecule has 4 nitrogen and oxygen atoms in total. The second-order valence-corrected chi connectivity index (χ2v) is 5.35. The first-order valence-corrected chi connectivity index (χ1v) is 6.93. The van der Waals surface area contributed by atoms with Crippen molar-refractivity contribution in [1.82, 2.24) is 9.88 Å². The fourth-order valence-corrected chi connectivity index (χ4v) is 2.50. The first kappa shape index (κ1) is 13.4. The van der Waals surface area contributed by atoms with Crippen molar-refractivity contribution in [3.63, 3.8) is 0 Å². The van der Waals surface area contributed by atoms with E-state index in [1.807, 2.05) is 0 Å². The van der Waals surface area contributed by atoms with Gasteiger partial charge in [-0.3, -0.25) is 4.90 Å². The van der Waals surface area contributed by atoms with Crippen LogP contribution in [-0.4, -0.2) is 35.6 Å². The summed E-state index contributed by atoms with van der Waals surface area (Å²) in [4.78, 5) is 6.72. The zero-order chi connectivity index (χ0) is 13.0. The normalized spacial score (nSPS) is 18.6. The molecule has 5 heteroatoms. The number of hydrogen-bond donors (Lipinski definition) is 2. The molecule has 1 aromatic heterocycles. The van der Waals surface area contributed by atoms with Crippen molar-refractivity contribution in [3.05, 3.63) is 17.3 Å². The van der Waals surface area contributed by atoms with E-state index in [9.17, 15) is 0 Å². The molecule has 2 rings (SSSR count). The van der Waals surface area contributed by atoms with Gasteiger partial charge in [0.2, 0.25) is 0 Å². The first-order valence-electron chi connectivity index (χ1n) is 6.56. The standard InChI is InChI=1S/C13H21ClN4/c1-10(18-5-3-2-4-6-18)8-16-13-12(15)7-11(14)9-17-13/h7,9-10H,2-6,8,15H2,1H3,(H,16,17). The maximum Gasteiger partial charge on any atom is 0.149 e. The summed E-state index contributed by atoms with van der Waals surface area (Å²) < 4.78 is 0. The molecule has 0 radical (unpaired) electrons. The third kappa shape index (κ3) is 3.50. The van der Waals surface area contributed by atoms with Gasteiger partial charge in [0.1, 0.15) is 5.82 Å². The van der Waals surface area contributed by atoms with Crippen molar-refractivity contribution in [3.8, 4) is 0 Å². The van der Waals surface area contributed by atoms with E-state index in [1.54, 1.807) is 12.3 Å². The Morgan fingerprint density at radius 3 is 2.83 bits per heavy atom. The van der Waals surface area contributed by atoms with E-state index in [4.69, 9.17) is 17.3 Å². The van der Waals surface area contributed by atoms with E-state index >= 15 is 0 Å². The van der Waals surface area contributed by atoms with Crippen LogP contribution in [0.15, 0.2) is 12.3 Å². The Balaban J connectivity index is 1.86. The molecule has 1 fully saturated rings. The van der Waals surface area contributed by atoms with Crippen molar-refractivity contribution < 1.29 is 0 Å². The second kappa shape index (κ2) is 6.25. The van der Waals surface area contributed by atoms with Gasteiger partial charge in [-0.25, -0.2) is 4.98 Å². The Morgan fingerprint density at radius 2 is 2.17 bits per heavy atom. The van der Waals surface area contributed by atoms with Gasteiger partial charge in [0.05, 0.1) is 10.7 Å². The minimum atomic E-state index is 0.502. The summed E-state index contributed by atoms with van der Waals surface area (Å²) in [5.74, 6) is 0.725. The van der Waals surface area contributed by atoms with Crippen LogP contribution in [0, 0.1) is 0 Å². The number of piperidine rings is 1. The summed E-state index contributed by atoms with van der Waals surface area (Å²) in [5, 5.41) is 3.87. The van der Waals surface area contributed by atoms with E-state index in [2.05, 4.69) is 22.1 Å². The third-order valence-electron chi connectivity index (χ3n) is 3.46. The Kier molecular flexibility index (Phi) is 4.66. The van der Waals surface area contributed by atoms with Crippen LogP contribution in [-0.2, 0) is 0 Å². The Labute approximate surface area is 114 Å². The molecular weight excluding hydrogens is 248 g/mol. The number of nitrogens with one attached hydrogen (secondary N) is 1. The molecule has 0 bridgehead atoms. The van der Waals surface area contributed by atoms with Gasteiger partial charge in [0, 0.05) is 18.8 Å². The number of anilines is 2. The highest BCUT2D eigenvalue weighted by molar-refractivity contribution is 6.30. The first-order chi connectivity index (χ1) is 8.66. The van der Waals surface area contributed by atoms with Crippen molar-refractivity contribution in [1.29, 1.82) is 0 Å². The lowest BCUT2D eigenvalue weighted by molar-refractivity contribution is 0.180. The second-order valence-electron chi connectivity index (χ2n) is 4.92. The smallest absolute Gasteiger partial charge is 0.149 e. The molecule has 3 N–H and O–H groups in total. The summed E-state index contributed by atoms with van der Waals surface area (Å²) in [6.45, 7) is 5.50. The maximum atomic E-state index is 5.86. The van der Waals surface area contributed by atoms with Gasteiger partial charge in [-0.05, 0) is 38.9 Å². The van der Waals surface area contributed by atoms with Crippen molar-refractivity contribution in [2.24, 2.45) is 0 Å². The van der Waals surface area contributed by atoms with Gasteiger partial charge < -0.3 is 11.1 Å². The number of nitrogens with two attached hydrogens (primary N) is 1. The van der Waals surface area contributed by atoms with Crippen LogP contribution < -0.4 is 11.1 Å². The van der Waals surface area contributed by atoms with E-state index < -0.39 is 0 Å². The summed E-state index contributed by atoms with van der Waals surface area (Å²) >= 11 is 5.82. The molecule has 0 spiro atoms. The SMILES string of the molecule is CC(CNc1ncc(Cl)cc1N)N1CCCCC1. The van der Waals surface area contributed by atoms with Crippen LogP contribution in [0.5, 0.6) is 0 Å². The summed E-state index contributed by atoms with van der Waals surface area (Å²) in [5.41, 5.74) is 6.47. The van der Waals surface area contributed by atoms with Gasteiger partial charge in [0.15, 0.2) is 0 Å². The molecule has 0 aliphatic carbocycles. The monoisotopic (exact) mass is 268 g/mol. The van der Waals surface area contributed by atoms with Crippen LogP contribution in [0.2, 0.25) is 5.02 Å². The van der Waals surface area contributed by atoms with Crippen molar-refractivity contribution in [2.75, 3.05) is 30.7 Å². The number of nitrogen functional groups attached to an aromatic ring is 1. The molecule has 2 heterocycles. The molecule has 0 amide bonds. The fourth-order valence-electron chi connectivity index (χ4n) is 2.34. The van der Waals surface area contributed by atoms with Crippen molar-refractivity contribution >= 4 is 23.1 Å². The molecular formula is C13H21ClN4. The summed E-state index contributed by atoms with van der Waals surface area (Å²) in [6.07, 6.45) is 5.60. The highest BCUT2D eigenvalue weighted by Crippen LogP contribution is 2.20. The summed E-state index contributed by atoms with van der Waals surface area (Å²) in [7, 11) is 0. The molecule has 0 aromatic carbocycles. The molecule has 18 heavy (non-hydrogen) atoms. The van der Waals surface area contributed by atoms with Crippen LogP contribution in [0.3, 0.4) is 0 Å². The minimum Gasteiger partial charge on any atom is -0.396 e. The molecule has 1 saturated heterocycles. The van der Waals surface area contributed by atoms with Gasteiger partial charge >= 0.3 is 0 Å². The largest absolute Gasteiger partial charge is 0.396 e. The van der Waals surface area contributed by atoms with Gasteiger partial charge in [0.25, 0.3) is 0 Å². The average molecular weight is 269 g/mol. The van der Waals surface area contributed by atoms with Crippen LogP contribution in [0.4, 0.5) is 11.5 Å². The quantitative estimate of drug-likeness (QED) is 0.881. The van der Waals surface area contributed by atoms with E-state index in [1.165, 1.54) is 32.4 Å². The number of aromatic nitrogens is 1. The molecule has 0 saturated carbocycles. The zero-order valence-electron chi connectivity index (χ0n) is 10.8. The highest BCUT2D eigenvalue weighted by atomic mass is 35.5. The van der Waals surface area contributed by atoms with Crippen LogP contribution >= 0.6 is 11.6 Å². The predicted molar refractivity (Wildman–Crippen MR) is 77.0 cm³/mol. The fraction of sp³-hybridized carbons (Fsp3) is 0.615. The number of rotatable bonds is 4. The third-order valence-corrected chi connectivity index (χ3v) is 3.67. The van der Waals surface area contributed by atoms with E-state index in [0.717, 1.165) is 12.4 Å². The average Bonchev–Trinajstić information content (AvgIpc) is 2.38. The molecule has 1 aromatic rings. The number of halogens is 1. The highest BCUT2D eigenvalue weighted by Gasteiger charge is 2.16. The van der Waals surface area contributed by atoms with Gasteiger partial charge in [-0.15, -0.1) is 0 Å². The minimum absolute atomic E-state index is 0.502.